The quantitative estimate of drug-likeness (QED) is 0.515. The molecule has 0 radical (unpaired) electrons. The van der Waals surface area contributed by atoms with E-state index in [4.69, 9.17) is 4.42 Å². The molecule has 7 heteroatoms. The Morgan fingerprint density at radius 1 is 1.20 bits per heavy atom. The SMILES string of the molecule is CCc1cc(C(c2cccc(Br)c2)N2CCN(C)CC2)c(NC(=O)c2ccco2)s1. The normalized spacial score (nSPS) is 16.5. The summed E-state index contributed by atoms with van der Waals surface area (Å²) in [5, 5.41) is 4.02. The van der Waals surface area contributed by atoms with Gasteiger partial charge in [-0.1, -0.05) is 35.0 Å². The van der Waals surface area contributed by atoms with Gasteiger partial charge in [-0.05, 0) is 49.4 Å². The second-order valence-electron chi connectivity index (χ2n) is 7.58. The number of carbonyl (C=O) groups excluding carboxylic acids is 1. The van der Waals surface area contributed by atoms with Crippen molar-refractivity contribution in [2.75, 3.05) is 38.5 Å². The van der Waals surface area contributed by atoms with E-state index in [1.54, 1.807) is 23.5 Å². The Labute approximate surface area is 189 Å². The molecule has 1 N–H and O–H groups in total. The van der Waals surface area contributed by atoms with Crippen molar-refractivity contribution in [3.63, 3.8) is 0 Å². The number of amides is 1. The van der Waals surface area contributed by atoms with Crippen molar-refractivity contribution in [1.82, 2.24) is 9.80 Å². The Balaban J connectivity index is 1.74. The van der Waals surface area contributed by atoms with Crippen molar-refractivity contribution in [2.24, 2.45) is 0 Å². The molecule has 1 aliphatic rings. The highest BCUT2D eigenvalue weighted by atomic mass is 79.9. The second kappa shape index (κ2) is 9.47. The zero-order valence-electron chi connectivity index (χ0n) is 17.2. The molecule has 0 spiro atoms. The van der Waals surface area contributed by atoms with Gasteiger partial charge in [0.15, 0.2) is 5.76 Å². The van der Waals surface area contributed by atoms with E-state index < -0.39 is 0 Å². The monoisotopic (exact) mass is 487 g/mol. The Hall–Kier alpha value is -1.93. The third kappa shape index (κ3) is 4.70. The Morgan fingerprint density at radius 2 is 2.00 bits per heavy atom. The van der Waals surface area contributed by atoms with Gasteiger partial charge in [-0.15, -0.1) is 11.3 Å². The van der Waals surface area contributed by atoms with Crippen LogP contribution in [0.1, 0.15) is 39.5 Å². The molecule has 1 atom stereocenters. The van der Waals surface area contributed by atoms with Gasteiger partial charge in [0, 0.05) is 41.1 Å². The molecule has 1 aliphatic heterocycles. The second-order valence-corrected chi connectivity index (χ2v) is 9.63. The van der Waals surface area contributed by atoms with Crippen LogP contribution in [0.5, 0.6) is 0 Å². The summed E-state index contributed by atoms with van der Waals surface area (Å²) in [6.45, 7) is 6.18. The zero-order chi connectivity index (χ0) is 21.1. The van der Waals surface area contributed by atoms with E-state index >= 15 is 0 Å². The largest absolute Gasteiger partial charge is 0.459 e. The minimum atomic E-state index is -0.211. The van der Waals surface area contributed by atoms with Gasteiger partial charge < -0.3 is 14.6 Å². The number of thiophene rings is 1. The number of hydrogen-bond donors (Lipinski definition) is 1. The van der Waals surface area contributed by atoms with Crippen LogP contribution in [0.2, 0.25) is 0 Å². The number of aryl methyl sites for hydroxylation is 1. The maximum atomic E-state index is 12.7. The molecule has 0 bridgehead atoms. The van der Waals surface area contributed by atoms with E-state index in [9.17, 15) is 4.79 Å². The number of carbonyl (C=O) groups is 1. The van der Waals surface area contributed by atoms with Gasteiger partial charge in [-0.2, -0.15) is 0 Å². The van der Waals surface area contributed by atoms with Gasteiger partial charge >= 0.3 is 0 Å². The number of likely N-dealkylation sites (N-methyl/N-ethyl adjacent to an activating group) is 1. The molecule has 3 heterocycles. The number of rotatable bonds is 6. The number of furan rings is 1. The Kier molecular flexibility index (Phi) is 6.73. The predicted molar refractivity (Wildman–Crippen MR) is 125 cm³/mol. The van der Waals surface area contributed by atoms with Crippen LogP contribution in [0.25, 0.3) is 0 Å². The first kappa shape index (κ1) is 21.3. The maximum Gasteiger partial charge on any atom is 0.291 e. The first-order valence-electron chi connectivity index (χ1n) is 10.2. The van der Waals surface area contributed by atoms with Crippen LogP contribution in [-0.2, 0) is 6.42 Å². The van der Waals surface area contributed by atoms with Gasteiger partial charge in [0.1, 0.15) is 5.00 Å². The van der Waals surface area contributed by atoms with E-state index in [2.05, 4.69) is 75.3 Å². The van der Waals surface area contributed by atoms with Crippen molar-refractivity contribution in [3.8, 4) is 0 Å². The number of nitrogens with one attached hydrogen (secondary N) is 1. The van der Waals surface area contributed by atoms with Crippen LogP contribution < -0.4 is 5.32 Å². The predicted octanol–water partition coefficient (Wildman–Crippen LogP) is 5.26. The van der Waals surface area contributed by atoms with Crippen molar-refractivity contribution in [2.45, 2.75) is 19.4 Å². The molecule has 5 nitrogen and oxygen atoms in total. The number of halogens is 1. The number of nitrogens with zero attached hydrogens (tertiary/aromatic N) is 2. The molecule has 1 amide bonds. The molecule has 1 saturated heterocycles. The van der Waals surface area contributed by atoms with Gasteiger partial charge in [-0.3, -0.25) is 9.69 Å². The van der Waals surface area contributed by atoms with Crippen molar-refractivity contribution < 1.29 is 9.21 Å². The van der Waals surface area contributed by atoms with E-state index in [1.165, 1.54) is 16.7 Å². The standard InChI is InChI=1S/C23H26BrN3O2S/c1-3-18-15-19(23(30-18)25-22(28)20-8-5-13-29-20)21(16-6-4-7-17(24)14-16)27-11-9-26(2)10-12-27/h4-8,13-15,21H,3,9-12H2,1-2H3,(H,25,28). The van der Waals surface area contributed by atoms with Crippen LogP contribution in [-0.4, -0.2) is 48.9 Å². The van der Waals surface area contributed by atoms with E-state index in [0.29, 0.717) is 5.76 Å². The van der Waals surface area contributed by atoms with Gasteiger partial charge in [0.2, 0.25) is 0 Å². The molecular formula is C23H26BrN3O2S. The van der Waals surface area contributed by atoms with Crippen LogP contribution >= 0.6 is 27.3 Å². The maximum absolute atomic E-state index is 12.7. The van der Waals surface area contributed by atoms with Crippen LogP contribution in [0, 0.1) is 0 Å². The Bertz CT molecular complexity index is 994. The first-order valence-corrected chi connectivity index (χ1v) is 11.8. The lowest BCUT2D eigenvalue weighted by atomic mass is 9.97. The molecule has 1 fully saturated rings. The minimum absolute atomic E-state index is 0.0830. The minimum Gasteiger partial charge on any atom is -0.459 e. The molecule has 0 aliphatic carbocycles. The average molecular weight is 488 g/mol. The third-order valence-electron chi connectivity index (χ3n) is 5.49. The lowest BCUT2D eigenvalue weighted by Crippen LogP contribution is -2.46. The number of hydrogen-bond acceptors (Lipinski definition) is 5. The Morgan fingerprint density at radius 3 is 2.67 bits per heavy atom. The van der Waals surface area contributed by atoms with Gasteiger partial charge in [0.25, 0.3) is 5.91 Å². The van der Waals surface area contributed by atoms with Gasteiger partial charge in [0.05, 0.1) is 12.3 Å². The van der Waals surface area contributed by atoms with Crippen LogP contribution in [0.3, 0.4) is 0 Å². The molecular weight excluding hydrogens is 462 g/mol. The van der Waals surface area contributed by atoms with E-state index in [-0.39, 0.29) is 11.9 Å². The summed E-state index contributed by atoms with van der Waals surface area (Å²) in [4.78, 5) is 18.9. The highest BCUT2D eigenvalue weighted by molar-refractivity contribution is 9.10. The lowest BCUT2D eigenvalue weighted by molar-refractivity contribution is 0.0996. The van der Waals surface area contributed by atoms with Gasteiger partial charge in [-0.25, -0.2) is 0 Å². The molecule has 1 unspecified atom stereocenters. The summed E-state index contributed by atoms with van der Waals surface area (Å²) >= 11 is 5.29. The molecule has 4 rings (SSSR count). The van der Waals surface area contributed by atoms with E-state index in [0.717, 1.165) is 47.6 Å². The van der Waals surface area contributed by atoms with Crippen LogP contribution in [0.15, 0.2) is 57.6 Å². The summed E-state index contributed by atoms with van der Waals surface area (Å²) in [5.41, 5.74) is 2.38. The van der Waals surface area contributed by atoms with Crippen molar-refractivity contribution in [1.29, 1.82) is 0 Å². The van der Waals surface area contributed by atoms with Crippen molar-refractivity contribution in [3.05, 3.63) is 75.0 Å². The summed E-state index contributed by atoms with van der Waals surface area (Å²) in [6.07, 6.45) is 2.46. The fourth-order valence-corrected chi connectivity index (χ4v) is 5.29. The summed E-state index contributed by atoms with van der Waals surface area (Å²) < 4.78 is 6.36. The average Bonchev–Trinajstić information content (AvgIpc) is 3.40. The summed E-state index contributed by atoms with van der Waals surface area (Å²) in [6, 6.07) is 14.3. The summed E-state index contributed by atoms with van der Waals surface area (Å²) in [5.74, 6) is 0.114. The van der Waals surface area contributed by atoms with Crippen LogP contribution in [0.4, 0.5) is 5.00 Å². The molecule has 0 saturated carbocycles. The molecule has 158 valence electrons. The topological polar surface area (TPSA) is 48.7 Å². The fourth-order valence-electron chi connectivity index (χ4n) is 3.85. The van der Waals surface area contributed by atoms with Crippen molar-refractivity contribution >= 4 is 38.2 Å². The zero-order valence-corrected chi connectivity index (χ0v) is 19.6. The highest BCUT2D eigenvalue weighted by Crippen LogP contribution is 2.40. The molecule has 1 aromatic carbocycles. The lowest BCUT2D eigenvalue weighted by Gasteiger charge is -2.38. The number of benzene rings is 1. The number of anilines is 1. The third-order valence-corrected chi connectivity index (χ3v) is 7.20. The highest BCUT2D eigenvalue weighted by Gasteiger charge is 2.29. The van der Waals surface area contributed by atoms with E-state index in [1.807, 2.05) is 0 Å². The first-order chi connectivity index (χ1) is 14.5. The molecule has 2 aromatic heterocycles. The molecule has 30 heavy (non-hydrogen) atoms. The smallest absolute Gasteiger partial charge is 0.291 e. The molecule has 3 aromatic rings. The number of piperazine rings is 1. The summed E-state index contributed by atoms with van der Waals surface area (Å²) in [7, 11) is 2.17. The fraction of sp³-hybridized carbons (Fsp3) is 0.348.